The number of likely N-dealkylation sites (tertiary alicyclic amines) is 2. The maximum atomic E-state index is 8.97. The van der Waals surface area contributed by atoms with Crippen molar-refractivity contribution in [3.8, 4) is 17.6 Å². The number of hydrogen-bond acceptors (Lipinski definition) is 7. The van der Waals surface area contributed by atoms with Crippen molar-refractivity contribution in [3.05, 3.63) is 129 Å². The molecule has 4 aliphatic rings. The lowest BCUT2D eigenvalue weighted by Crippen LogP contribution is -2.49. The zero-order chi connectivity index (χ0) is 34.6. The van der Waals surface area contributed by atoms with Crippen LogP contribution in [-0.4, -0.2) is 60.1 Å². The van der Waals surface area contributed by atoms with E-state index in [-0.39, 0.29) is 30.3 Å². The normalized spacial score (nSPS) is 26.2. The monoisotopic (exact) mass is 709 g/mol. The third-order valence-electron chi connectivity index (χ3n) is 10.6. The summed E-state index contributed by atoms with van der Waals surface area (Å²) in [7, 11) is 0. The van der Waals surface area contributed by atoms with Gasteiger partial charge in [-0.15, -0.1) is 0 Å². The van der Waals surface area contributed by atoms with Crippen LogP contribution >= 0.6 is 23.2 Å². The van der Waals surface area contributed by atoms with Crippen molar-refractivity contribution in [2.75, 3.05) is 26.2 Å². The van der Waals surface area contributed by atoms with Crippen molar-refractivity contribution < 1.29 is 9.47 Å². The molecule has 0 amide bonds. The first-order chi connectivity index (χ1) is 24.4. The Labute approximate surface area is 305 Å². The molecule has 0 saturated carbocycles. The van der Waals surface area contributed by atoms with E-state index in [1.807, 2.05) is 36.4 Å². The van der Waals surface area contributed by atoms with E-state index in [0.29, 0.717) is 27.4 Å². The molecule has 9 heteroatoms. The van der Waals surface area contributed by atoms with Gasteiger partial charge in [0.25, 0.3) is 0 Å². The van der Waals surface area contributed by atoms with E-state index in [2.05, 4.69) is 64.4 Å². The topological polar surface area (TPSA) is 101 Å². The molecule has 2 heterocycles. The van der Waals surface area contributed by atoms with Crippen molar-refractivity contribution in [1.29, 1.82) is 5.26 Å². The molecular weight excluding hydrogens is 665 g/mol. The molecule has 0 radical (unpaired) electrons. The zero-order valence-corrected chi connectivity index (χ0v) is 29.8. The van der Waals surface area contributed by atoms with Crippen LogP contribution in [0.25, 0.3) is 0 Å². The second-order valence-electron chi connectivity index (χ2n) is 14.0. The second kappa shape index (κ2) is 15.7. The predicted molar refractivity (Wildman–Crippen MR) is 200 cm³/mol. The molecule has 260 valence electrons. The summed E-state index contributed by atoms with van der Waals surface area (Å²) in [6.45, 7) is 4.01. The lowest BCUT2D eigenvalue weighted by atomic mass is 10.0. The Morgan fingerprint density at radius 3 is 1.74 bits per heavy atom. The van der Waals surface area contributed by atoms with E-state index in [4.69, 9.17) is 49.4 Å². The molecule has 7 nitrogen and oxygen atoms in total. The Morgan fingerprint density at radius 2 is 1.22 bits per heavy atom. The van der Waals surface area contributed by atoms with E-state index in [0.717, 1.165) is 70.5 Å². The molecule has 0 bridgehead atoms. The number of ether oxygens (including phenoxy) is 2. The summed E-state index contributed by atoms with van der Waals surface area (Å²) in [5.41, 5.74) is 18.3. The molecule has 4 aromatic carbocycles. The summed E-state index contributed by atoms with van der Waals surface area (Å²) in [6.07, 6.45) is 6.46. The summed E-state index contributed by atoms with van der Waals surface area (Å²) < 4.78 is 12.8. The fourth-order valence-corrected chi connectivity index (χ4v) is 8.60. The van der Waals surface area contributed by atoms with Crippen LogP contribution in [0, 0.1) is 11.3 Å². The average Bonchev–Trinajstić information content (AvgIpc) is 3.68. The summed E-state index contributed by atoms with van der Waals surface area (Å²) in [6, 6.07) is 33.1. The number of halogens is 2. The predicted octanol–water partition coefficient (Wildman–Crippen LogP) is 7.49. The molecule has 0 aromatic heterocycles. The molecule has 2 aliphatic heterocycles. The van der Waals surface area contributed by atoms with Crippen molar-refractivity contribution >= 4 is 23.2 Å². The van der Waals surface area contributed by atoms with Crippen LogP contribution in [-0.2, 0) is 12.8 Å². The molecular formula is C41H45Cl2N5O2. The molecule has 8 rings (SSSR count). The molecule has 2 fully saturated rings. The van der Waals surface area contributed by atoms with E-state index >= 15 is 0 Å². The van der Waals surface area contributed by atoms with Crippen molar-refractivity contribution in [2.45, 2.75) is 74.9 Å². The third-order valence-corrected chi connectivity index (χ3v) is 11.1. The minimum absolute atomic E-state index is 0.00874. The first-order valence-electron chi connectivity index (χ1n) is 17.8. The number of nitrogens with two attached hydrogens (primary N) is 2. The Bertz CT molecular complexity index is 1810. The number of piperidine rings is 2. The van der Waals surface area contributed by atoms with E-state index in [1.54, 1.807) is 6.07 Å². The van der Waals surface area contributed by atoms with Gasteiger partial charge in [-0.2, -0.15) is 5.26 Å². The number of benzene rings is 4. The highest BCUT2D eigenvalue weighted by Crippen LogP contribution is 2.41. The average molecular weight is 711 g/mol. The maximum Gasteiger partial charge on any atom is 0.140 e. The maximum absolute atomic E-state index is 8.97. The van der Waals surface area contributed by atoms with Crippen molar-refractivity contribution in [1.82, 2.24) is 9.80 Å². The Hall–Kier alpha value is -3.61. The fourth-order valence-electron chi connectivity index (χ4n) is 8.15. The molecule has 4 aromatic rings. The summed E-state index contributed by atoms with van der Waals surface area (Å²) >= 11 is 12.4. The fraction of sp³-hybridized carbons (Fsp3) is 0.390. The molecule has 6 atom stereocenters. The van der Waals surface area contributed by atoms with Crippen LogP contribution in [0.2, 0.25) is 10.0 Å². The lowest BCUT2D eigenvalue weighted by Gasteiger charge is -2.38. The van der Waals surface area contributed by atoms with Gasteiger partial charge in [0.15, 0.2) is 0 Å². The highest BCUT2D eigenvalue weighted by molar-refractivity contribution is 6.35. The third kappa shape index (κ3) is 7.82. The minimum atomic E-state index is -0.0415. The van der Waals surface area contributed by atoms with Gasteiger partial charge in [-0.1, -0.05) is 71.7 Å². The van der Waals surface area contributed by atoms with Crippen LogP contribution in [0.1, 0.15) is 65.7 Å². The smallest absolute Gasteiger partial charge is 0.140 e. The van der Waals surface area contributed by atoms with Gasteiger partial charge in [0.2, 0.25) is 0 Å². The number of nitriles is 1. The van der Waals surface area contributed by atoms with Gasteiger partial charge >= 0.3 is 0 Å². The van der Waals surface area contributed by atoms with Crippen molar-refractivity contribution in [3.63, 3.8) is 0 Å². The Morgan fingerprint density at radius 1 is 0.680 bits per heavy atom. The first kappa shape index (κ1) is 34.8. The largest absolute Gasteiger partial charge is 0.484 e. The highest BCUT2D eigenvalue weighted by Gasteiger charge is 2.40. The van der Waals surface area contributed by atoms with Gasteiger partial charge in [0.1, 0.15) is 23.7 Å². The first-order valence-corrected chi connectivity index (χ1v) is 18.5. The summed E-state index contributed by atoms with van der Waals surface area (Å²) in [5, 5.41) is 10.1. The molecule has 4 N–H and O–H groups in total. The Kier molecular flexibility index (Phi) is 11.0. The van der Waals surface area contributed by atoms with Crippen LogP contribution in [0.3, 0.4) is 0 Å². The van der Waals surface area contributed by atoms with Gasteiger partial charge in [-0.05, 0) is 116 Å². The van der Waals surface area contributed by atoms with Crippen LogP contribution in [0.5, 0.6) is 11.5 Å². The van der Waals surface area contributed by atoms with Gasteiger partial charge in [0, 0.05) is 30.2 Å². The quantitative estimate of drug-likeness (QED) is 0.214. The van der Waals surface area contributed by atoms with Gasteiger partial charge in [0.05, 0.1) is 28.7 Å². The zero-order valence-electron chi connectivity index (χ0n) is 28.3. The molecule has 0 unspecified atom stereocenters. The van der Waals surface area contributed by atoms with Crippen molar-refractivity contribution in [2.24, 2.45) is 11.5 Å². The van der Waals surface area contributed by atoms with Crippen LogP contribution in [0.15, 0.2) is 91.0 Å². The summed E-state index contributed by atoms with van der Waals surface area (Å²) in [5.74, 6) is 1.49. The standard InChI is InChI=1S/C21H23N3O.C20H22Cl2N2O/c22-13-15-7-9-18(10-8-15)25-21-19-6-2-1-4-16(19)12-20(21)24-11-3-5-17(23)14-24;21-14-7-8-19(17(22)11-14)25-20-16-6-2-1-4-13(16)10-18(20)24-9-3-5-15(23)12-24/h1-2,4,6-10,17,20-21H,3,5,11-12,14,23H2;1-2,4,6-8,11,15,18,20H,3,5,9-10,12,23H2/t17-,20-,21-;15-,18-,20-/m11/s1. The summed E-state index contributed by atoms with van der Waals surface area (Å²) in [4.78, 5) is 4.99. The van der Waals surface area contributed by atoms with E-state index in [1.165, 1.54) is 22.3 Å². The molecule has 0 spiro atoms. The SMILES string of the molecule is N#Cc1ccc(O[C@@H]2c3ccccc3C[C@H]2N2CCC[C@@H](N)C2)cc1.N[C@@H]1CCCN([C@@H]2Cc3ccccc3[C@H]2Oc2ccc(Cl)cc2Cl)C1. The second-order valence-corrected chi connectivity index (χ2v) is 14.9. The number of rotatable bonds is 6. The van der Waals surface area contributed by atoms with Gasteiger partial charge < -0.3 is 20.9 Å². The molecule has 2 aliphatic carbocycles. The van der Waals surface area contributed by atoms with E-state index < -0.39 is 0 Å². The van der Waals surface area contributed by atoms with Gasteiger partial charge in [-0.25, -0.2) is 0 Å². The number of fused-ring (bicyclic) bond motifs is 2. The molecule has 2 saturated heterocycles. The Balaban J connectivity index is 0.000000157. The van der Waals surface area contributed by atoms with E-state index in [9.17, 15) is 0 Å². The van der Waals surface area contributed by atoms with Crippen LogP contribution in [0.4, 0.5) is 0 Å². The minimum Gasteiger partial charge on any atom is -0.484 e. The van der Waals surface area contributed by atoms with Crippen LogP contribution < -0.4 is 20.9 Å². The highest BCUT2D eigenvalue weighted by atomic mass is 35.5. The number of hydrogen-bond donors (Lipinski definition) is 2. The van der Waals surface area contributed by atoms with Gasteiger partial charge in [-0.3, -0.25) is 9.80 Å². The number of nitrogens with zero attached hydrogens (tertiary/aromatic N) is 3. The molecule has 50 heavy (non-hydrogen) atoms. The lowest BCUT2D eigenvalue weighted by molar-refractivity contribution is 0.0593.